The predicted molar refractivity (Wildman–Crippen MR) is 107 cm³/mol. The minimum absolute atomic E-state index is 0.159. The van der Waals surface area contributed by atoms with Gasteiger partial charge >= 0.3 is 5.97 Å². The van der Waals surface area contributed by atoms with Gasteiger partial charge < -0.3 is 14.6 Å². The first-order valence-electron chi connectivity index (χ1n) is 9.56. The lowest BCUT2D eigenvalue weighted by molar-refractivity contribution is -0.107. The number of β-amino-alcohol motifs (C(OH)–C–C–N with tert-alkyl or cyclic N) is 1. The third kappa shape index (κ3) is 5.89. The molecule has 1 atom stereocenters. The van der Waals surface area contributed by atoms with Gasteiger partial charge in [0.15, 0.2) is 0 Å². The van der Waals surface area contributed by atoms with Gasteiger partial charge in [-0.05, 0) is 39.8 Å². The van der Waals surface area contributed by atoms with E-state index < -0.39 is 6.10 Å². The maximum absolute atomic E-state index is 12.4. The van der Waals surface area contributed by atoms with Crippen LogP contribution in [0.2, 0.25) is 0 Å². The van der Waals surface area contributed by atoms with E-state index in [-0.39, 0.29) is 29.8 Å². The van der Waals surface area contributed by atoms with Crippen LogP contribution in [0.4, 0.5) is 0 Å². The highest BCUT2D eigenvalue weighted by Gasteiger charge is 2.47. The van der Waals surface area contributed by atoms with Crippen molar-refractivity contribution in [2.75, 3.05) is 19.8 Å². The lowest BCUT2D eigenvalue weighted by Crippen LogP contribution is -2.64. The van der Waals surface area contributed by atoms with E-state index in [0.29, 0.717) is 18.7 Å². The van der Waals surface area contributed by atoms with Crippen molar-refractivity contribution in [1.82, 2.24) is 4.90 Å². The van der Waals surface area contributed by atoms with Gasteiger partial charge in [0.05, 0.1) is 24.9 Å². The zero-order valence-electron chi connectivity index (χ0n) is 17.0. The van der Waals surface area contributed by atoms with E-state index in [2.05, 4.69) is 39.2 Å². The number of aliphatic hydroxyl groups is 1. The molecule has 0 aromatic heterocycles. The average Bonchev–Trinajstić information content (AvgIpc) is 2.58. The van der Waals surface area contributed by atoms with E-state index in [9.17, 15) is 9.90 Å². The number of likely N-dealkylation sites (tertiary alicyclic amines) is 1. The number of piperidine rings is 1. The molecule has 2 rings (SSSR count). The van der Waals surface area contributed by atoms with Gasteiger partial charge in [0.2, 0.25) is 0 Å². The molecule has 1 unspecified atom stereocenters. The van der Waals surface area contributed by atoms with Gasteiger partial charge in [-0.1, -0.05) is 24.3 Å². The fourth-order valence-corrected chi connectivity index (χ4v) is 4.15. The summed E-state index contributed by atoms with van der Waals surface area (Å²) in [7, 11) is 0. The Morgan fingerprint density at radius 3 is 2.41 bits per heavy atom. The fourth-order valence-electron chi connectivity index (χ4n) is 4.15. The SMILES string of the molecule is C=CCOCC(O)CN1C(C)(C)CC(OC(=O)c2ccccc2)CC1(C)C. The summed E-state index contributed by atoms with van der Waals surface area (Å²) in [6.07, 6.45) is 2.37. The average molecular weight is 376 g/mol. The Morgan fingerprint density at radius 1 is 1.26 bits per heavy atom. The van der Waals surface area contributed by atoms with Gasteiger partial charge in [0, 0.05) is 30.5 Å². The normalized spacial score (nSPS) is 20.8. The molecule has 1 N–H and O–H groups in total. The maximum atomic E-state index is 12.4. The number of benzene rings is 1. The van der Waals surface area contributed by atoms with Gasteiger partial charge in [0.25, 0.3) is 0 Å². The summed E-state index contributed by atoms with van der Waals surface area (Å²) in [6.45, 7) is 13.4. The number of rotatable bonds is 8. The van der Waals surface area contributed by atoms with Crippen LogP contribution >= 0.6 is 0 Å². The van der Waals surface area contributed by atoms with Crippen LogP contribution in [0.5, 0.6) is 0 Å². The Balaban J connectivity index is 2.02. The molecule has 1 aromatic carbocycles. The molecule has 1 heterocycles. The van der Waals surface area contributed by atoms with Crippen molar-refractivity contribution in [2.45, 2.75) is 63.8 Å². The van der Waals surface area contributed by atoms with E-state index in [1.807, 2.05) is 18.2 Å². The van der Waals surface area contributed by atoms with Crippen molar-refractivity contribution in [3.8, 4) is 0 Å². The Labute approximate surface area is 163 Å². The summed E-state index contributed by atoms with van der Waals surface area (Å²) in [4.78, 5) is 14.7. The van der Waals surface area contributed by atoms with E-state index in [1.54, 1.807) is 18.2 Å². The van der Waals surface area contributed by atoms with Crippen LogP contribution in [0.1, 0.15) is 50.9 Å². The van der Waals surface area contributed by atoms with Gasteiger partial charge in [-0.3, -0.25) is 4.90 Å². The van der Waals surface area contributed by atoms with Crippen molar-refractivity contribution in [1.29, 1.82) is 0 Å². The molecule has 1 aliphatic rings. The predicted octanol–water partition coefficient (Wildman–Crippen LogP) is 3.43. The van der Waals surface area contributed by atoms with Gasteiger partial charge in [-0.25, -0.2) is 4.79 Å². The molecule has 0 bridgehead atoms. The highest BCUT2D eigenvalue weighted by Crippen LogP contribution is 2.39. The molecule has 5 nitrogen and oxygen atoms in total. The molecule has 0 saturated carbocycles. The van der Waals surface area contributed by atoms with Crippen LogP contribution in [0.25, 0.3) is 0 Å². The lowest BCUT2D eigenvalue weighted by atomic mass is 9.77. The van der Waals surface area contributed by atoms with Crippen molar-refractivity contribution < 1.29 is 19.4 Å². The molecule has 0 spiro atoms. The molecule has 0 aliphatic carbocycles. The van der Waals surface area contributed by atoms with Crippen molar-refractivity contribution in [2.24, 2.45) is 0 Å². The topological polar surface area (TPSA) is 59.0 Å². The standard InChI is InChI=1S/C22H33NO4/c1-6-12-26-16-18(24)15-23-21(2,3)13-19(14-22(23,4)5)27-20(25)17-10-8-7-9-11-17/h6-11,18-19,24H,1,12-16H2,2-5H3. The second-order valence-electron chi connectivity index (χ2n) is 8.52. The Morgan fingerprint density at radius 2 is 1.85 bits per heavy atom. The quantitative estimate of drug-likeness (QED) is 0.429. The van der Waals surface area contributed by atoms with E-state index in [0.717, 1.165) is 12.8 Å². The van der Waals surface area contributed by atoms with Crippen molar-refractivity contribution in [3.63, 3.8) is 0 Å². The first-order chi connectivity index (χ1) is 12.7. The minimum atomic E-state index is -0.577. The second kappa shape index (κ2) is 9.00. The van der Waals surface area contributed by atoms with Gasteiger partial charge in [-0.2, -0.15) is 0 Å². The molecule has 1 aliphatic heterocycles. The first kappa shape index (κ1) is 21.6. The summed E-state index contributed by atoms with van der Waals surface area (Å²) in [5.74, 6) is -0.279. The molecule has 0 amide bonds. The maximum Gasteiger partial charge on any atom is 0.338 e. The van der Waals surface area contributed by atoms with Crippen LogP contribution in [0.15, 0.2) is 43.0 Å². The zero-order chi connectivity index (χ0) is 20.1. The van der Waals surface area contributed by atoms with Crippen molar-refractivity contribution in [3.05, 3.63) is 48.6 Å². The van der Waals surface area contributed by atoms with Crippen molar-refractivity contribution >= 4 is 5.97 Å². The molecular weight excluding hydrogens is 342 g/mol. The third-order valence-corrected chi connectivity index (χ3v) is 5.14. The number of hydrogen-bond donors (Lipinski definition) is 1. The van der Waals surface area contributed by atoms with E-state index >= 15 is 0 Å². The van der Waals surface area contributed by atoms with Crippen LogP contribution in [0, 0.1) is 0 Å². The molecule has 1 saturated heterocycles. The minimum Gasteiger partial charge on any atom is -0.459 e. The highest BCUT2D eigenvalue weighted by atomic mass is 16.5. The van der Waals surface area contributed by atoms with E-state index in [1.165, 1.54) is 0 Å². The Bertz CT molecular complexity index is 608. The number of hydrogen-bond acceptors (Lipinski definition) is 5. The molecular formula is C22H33NO4. The summed E-state index contributed by atoms with van der Waals surface area (Å²) in [6, 6.07) is 9.10. The molecule has 5 heteroatoms. The Kier molecular flexibility index (Phi) is 7.20. The van der Waals surface area contributed by atoms with E-state index in [4.69, 9.17) is 9.47 Å². The first-order valence-corrected chi connectivity index (χ1v) is 9.56. The molecule has 27 heavy (non-hydrogen) atoms. The number of esters is 1. The summed E-state index contributed by atoms with van der Waals surface area (Å²) >= 11 is 0. The summed E-state index contributed by atoms with van der Waals surface area (Å²) in [5.41, 5.74) is 0.135. The van der Waals surface area contributed by atoms with Gasteiger partial charge in [-0.15, -0.1) is 6.58 Å². The smallest absolute Gasteiger partial charge is 0.338 e. The molecule has 1 fully saturated rings. The van der Waals surface area contributed by atoms with Crippen LogP contribution in [0.3, 0.4) is 0 Å². The van der Waals surface area contributed by atoms with Crippen LogP contribution in [-0.2, 0) is 9.47 Å². The number of carbonyl (C=O) groups excluding carboxylic acids is 1. The van der Waals surface area contributed by atoms with Gasteiger partial charge in [0.1, 0.15) is 6.10 Å². The lowest BCUT2D eigenvalue weighted by Gasteiger charge is -2.55. The number of aliphatic hydroxyl groups excluding tert-OH is 1. The van der Waals surface area contributed by atoms with Crippen LogP contribution < -0.4 is 0 Å². The Hall–Kier alpha value is -1.69. The third-order valence-electron chi connectivity index (χ3n) is 5.14. The zero-order valence-corrected chi connectivity index (χ0v) is 17.0. The monoisotopic (exact) mass is 375 g/mol. The molecule has 0 radical (unpaired) electrons. The summed E-state index contributed by atoms with van der Waals surface area (Å²) in [5, 5.41) is 10.4. The fraction of sp³-hybridized carbons (Fsp3) is 0.591. The largest absolute Gasteiger partial charge is 0.459 e. The molecule has 1 aromatic rings. The van der Waals surface area contributed by atoms with Crippen LogP contribution in [-0.4, -0.2) is 59.0 Å². The second-order valence-corrected chi connectivity index (χ2v) is 8.52. The number of nitrogens with zero attached hydrogens (tertiary/aromatic N) is 1. The number of carbonyl (C=O) groups is 1. The molecule has 150 valence electrons. The summed E-state index contributed by atoms with van der Waals surface area (Å²) < 4.78 is 11.2. The number of ether oxygens (including phenoxy) is 2. The highest BCUT2D eigenvalue weighted by molar-refractivity contribution is 5.89.